The highest BCUT2D eigenvalue weighted by Crippen LogP contribution is 2.22. The molecule has 6 heteroatoms. The van der Waals surface area contributed by atoms with Crippen molar-refractivity contribution in [3.63, 3.8) is 0 Å². The smallest absolute Gasteiger partial charge is 0.338 e. The Balaban J connectivity index is 1.56. The maximum atomic E-state index is 12.4. The Morgan fingerprint density at radius 3 is 2.38 bits per heavy atom. The molecule has 0 bridgehead atoms. The molecule has 6 nitrogen and oxygen atoms in total. The van der Waals surface area contributed by atoms with Gasteiger partial charge in [-0.3, -0.25) is 4.79 Å². The molecule has 1 aliphatic heterocycles. The number of hydrogen-bond donors (Lipinski definition) is 1. The lowest BCUT2D eigenvalue weighted by atomic mass is 10.1. The van der Waals surface area contributed by atoms with Crippen LogP contribution in [0.3, 0.4) is 0 Å². The predicted octanol–water partition coefficient (Wildman–Crippen LogP) is 3.93. The first-order valence-electron chi connectivity index (χ1n) is 10.1. The minimum Gasteiger partial charge on any atom is -0.449 e. The van der Waals surface area contributed by atoms with E-state index in [4.69, 9.17) is 4.74 Å². The Labute approximate surface area is 172 Å². The van der Waals surface area contributed by atoms with Gasteiger partial charge in [-0.15, -0.1) is 0 Å². The summed E-state index contributed by atoms with van der Waals surface area (Å²) in [5.41, 5.74) is 3.17. The van der Waals surface area contributed by atoms with Gasteiger partial charge in [0.2, 0.25) is 0 Å². The van der Waals surface area contributed by atoms with Gasteiger partial charge in [-0.1, -0.05) is 6.07 Å². The lowest BCUT2D eigenvalue weighted by Crippen LogP contribution is -2.30. The molecule has 1 amide bonds. The van der Waals surface area contributed by atoms with Crippen LogP contribution in [0.1, 0.15) is 36.5 Å². The highest BCUT2D eigenvalue weighted by atomic mass is 16.5. The van der Waals surface area contributed by atoms with Crippen molar-refractivity contribution in [3.8, 4) is 0 Å². The molecule has 2 aromatic carbocycles. The zero-order chi connectivity index (χ0) is 20.8. The van der Waals surface area contributed by atoms with Crippen molar-refractivity contribution < 1.29 is 14.3 Å². The van der Waals surface area contributed by atoms with Crippen molar-refractivity contribution in [2.75, 3.05) is 42.3 Å². The van der Waals surface area contributed by atoms with Crippen molar-refractivity contribution in [2.24, 2.45) is 0 Å². The second kappa shape index (κ2) is 9.45. The number of esters is 1. The first kappa shape index (κ1) is 20.7. The summed E-state index contributed by atoms with van der Waals surface area (Å²) in [5, 5.41) is 2.82. The maximum Gasteiger partial charge on any atom is 0.338 e. The molecular weight excluding hydrogens is 366 g/mol. The zero-order valence-electron chi connectivity index (χ0n) is 17.4. The van der Waals surface area contributed by atoms with Crippen LogP contribution < -0.4 is 15.1 Å². The number of anilines is 3. The van der Waals surface area contributed by atoms with E-state index in [0.717, 1.165) is 18.8 Å². The fraction of sp³-hybridized carbons (Fsp3) is 0.391. The average Bonchev–Trinajstić information content (AvgIpc) is 2.75. The van der Waals surface area contributed by atoms with Crippen molar-refractivity contribution in [1.82, 2.24) is 0 Å². The number of ether oxygens (including phenoxy) is 1. The number of piperidine rings is 1. The van der Waals surface area contributed by atoms with Gasteiger partial charge in [0, 0.05) is 44.2 Å². The van der Waals surface area contributed by atoms with Gasteiger partial charge in [-0.25, -0.2) is 4.79 Å². The molecule has 1 heterocycles. The van der Waals surface area contributed by atoms with E-state index in [1.165, 1.54) is 24.9 Å². The highest BCUT2D eigenvalue weighted by Gasteiger charge is 2.20. The molecule has 1 aliphatic rings. The number of carbonyl (C=O) groups excluding carboxylic acids is 2. The standard InChI is InChI=1S/C23H29N3O3/c1-17(29-23(28)18-8-7-9-21(16-18)25(2)3)22(27)24-19-10-12-20(13-11-19)26-14-5-4-6-15-26/h7-13,16-17H,4-6,14-15H2,1-3H3,(H,24,27)/t17-/m1/s1. The van der Waals surface area contributed by atoms with E-state index in [2.05, 4.69) is 10.2 Å². The molecule has 154 valence electrons. The molecule has 3 rings (SSSR count). The Hall–Kier alpha value is -3.02. The van der Waals surface area contributed by atoms with Crippen LogP contribution in [0.15, 0.2) is 48.5 Å². The first-order chi connectivity index (χ1) is 13.9. The molecule has 0 aliphatic carbocycles. The average molecular weight is 396 g/mol. The molecule has 0 radical (unpaired) electrons. The molecular formula is C23H29N3O3. The van der Waals surface area contributed by atoms with Gasteiger partial charge >= 0.3 is 5.97 Å². The third-order valence-electron chi connectivity index (χ3n) is 5.11. The topological polar surface area (TPSA) is 61.9 Å². The molecule has 1 N–H and O–H groups in total. The predicted molar refractivity (Wildman–Crippen MR) is 117 cm³/mol. The van der Waals surface area contributed by atoms with Crippen LogP contribution in [-0.4, -0.2) is 45.2 Å². The minimum atomic E-state index is -0.896. The summed E-state index contributed by atoms with van der Waals surface area (Å²) < 4.78 is 5.35. The van der Waals surface area contributed by atoms with Crippen LogP contribution in [0.25, 0.3) is 0 Å². The number of carbonyl (C=O) groups is 2. The number of hydrogen-bond acceptors (Lipinski definition) is 5. The van der Waals surface area contributed by atoms with Gasteiger partial charge in [-0.2, -0.15) is 0 Å². The molecule has 1 saturated heterocycles. The van der Waals surface area contributed by atoms with Gasteiger partial charge in [0.1, 0.15) is 0 Å². The van der Waals surface area contributed by atoms with E-state index in [-0.39, 0.29) is 5.91 Å². The molecule has 0 aromatic heterocycles. The van der Waals surface area contributed by atoms with E-state index < -0.39 is 12.1 Å². The highest BCUT2D eigenvalue weighted by molar-refractivity contribution is 5.97. The molecule has 2 aromatic rings. The van der Waals surface area contributed by atoms with E-state index in [1.807, 2.05) is 49.3 Å². The van der Waals surface area contributed by atoms with Gasteiger partial charge in [-0.05, 0) is 68.7 Å². The fourth-order valence-corrected chi connectivity index (χ4v) is 3.34. The summed E-state index contributed by atoms with van der Waals surface area (Å²) in [6, 6.07) is 14.9. The molecule has 0 saturated carbocycles. The number of amides is 1. The van der Waals surface area contributed by atoms with Gasteiger partial charge < -0.3 is 19.9 Å². The minimum absolute atomic E-state index is 0.354. The van der Waals surface area contributed by atoms with Crippen molar-refractivity contribution in [1.29, 1.82) is 0 Å². The van der Waals surface area contributed by atoms with Gasteiger partial charge in [0.25, 0.3) is 5.91 Å². The summed E-state index contributed by atoms with van der Waals surface area (Å²) in [5.74, 6) is -0.871. The van der Waals surface area contributed by atoms with Crippen molar-refractivity contribution in [2.45, 2.75) is 32.3 Å². The van der Waals surface area contributed by atoms with Crippen LogP contribution in [0.2, 0.25) is 0 Å². The summed E-state index contributed by atoms with van der Waals surface area (Å²) in [6.45, 7) is 3.73. The van der Waals surface area contributed by atoms with E-state index in [9.17, 15) is 9.59 Å². The number of rotatable bonds is 6. The summed E-state index contributed by atoms with van der Waals surface area (Å²) in [7, 11) is 3.80. The maximum absolute atomic E-state index is 12.4. The quantitative estimate of drug-likeness (QED) is 0.751. The van der Waals surface area contributed by atoms with Gasteiger partial charge in [0.05, 0.1) is 5.56 Å². The van der Waals surface area contributed by atoms with E-state index in [1.54, 1.807) is 25.1 Å². The molecule has 0 unspecified atom stereocenters. The lowest BCUT2D eigenvalue weighted by molar-refractivity contribution is -0.123. The Morgan fingerprint density at radius 2 is 1.72 bits per heavy atom. The van der Waals surface area contributed by atoms with E-state index in [0.29, 0.717) is 11.3 Å². The summed E-state index contributed by atoms with van der Waals surface area (Å²) in [6.07, 6.45) is 2.84. The van der Waals surface area contributed by atoms with Crippen LogP contribution in [0.4, 0.5) is 17.1 Å². The Kier molecular flexibility index (Phi) is 6.75. The van der Waals surface area contributed by atoms with Crippen molar-refractivity contribution >= 4 is 28.9 Å². The number of benzene rings is 2. The third kappa shape index (κ3) is 5.50. The molecule has 29 heavy (non-hydrogen) atoms. The summed E-state index contributed by atoms with van der Waals surface area (Å²) >= 11 is 0. The third-order valence-corrected chi connectivity index (χ3v) is 5.11. The molecule has 1 fully saturated rings. The van der Waals surface area contributed by atoms with Crippen LogP contribution >= 0.6 is 0 Å². The monoisotopic (exact) mass is 395 g/mol. The van der Waals surface area contributed by atoms with E-state index >= 15 is 0 Å². The zero-order valence-corrected chi connectivity index (χ0v) is 17.4. The first-order valence-corrected chi connectivity index (χ1v) is 10.1. The normalized spacial score (nSPS) is 14.8. The summed E-state index contributed by atoms with van der Waals surface area (Å²) in [4.78, 5) is 29.1. The Bertz CT molecular complexity index is 843. The SMILES string of the molecule is C[C@@H](OC(=O)c1cccc(N(C)C)c1)C(=O)Nc1ccc(N2CCCCC2)cc1. The van der Waals surface area contributed by atoms with Crippen LogP contribution in [0.5, 0.6) is 0 Å². The largest absolute Gasteiger partial charge is 0.449 e. The molecule has 1 atom stereocenters. The van der Waals surface area contributed by atoms with Gasteiger partial charge in [0.15, 0.2) is 6.10 Å². The lowest BCUT2D eigenvalue weighted by Gasteiger charge is -2.28. The fourth-order valence-electron chi connectivity index (χ4n) is 3.34. The second-order valence-electron chi connectivity index (χ2n) is 7.58. The second-order valence-corrected chi connectivity index (χ2v) is 7.58. The number of nitrogens with one attached hydrogen (secondary N) is 1. The Morgan fingerprint density at radius 1 is 1.03 bits per heavy atom. The van der Waals surface area contributed by atoms with Crippen LogP contribution in [-0.2, 0) is 9.53 Å². The number of nitrogens with zero attached hydrogens (tertiary/aromatic N) is 2. The van der Waals surface area contributed by atoms with Crippen LogP contribution in [0, 0.1) is 0 Å². The molecule has 0 spiro atoms. The van der Waals surface area contributed by atoms with Crippen molar-refractivity contribution in [3.05, 3.63) is 54.1 Å².